The summed E-state index contributed by atoms with van der Waals surface area (Å²) in [5, 5.41) is 12.1. The fraction of sp³-hybridized carbons (Fsp3) is 0.300. The van der Waals surface area contributed by atoms with Crippen molar-refractivity contribution in [3.63, 3.8) is 0 Å². The molecule has 0 unspecified atom stereocenters. The lowest BCUT2D eigenvalue weighted by atomic mass is 10.2. The van der Waals surface area contributed by atoms with Gasteiger partial charge in [-0.05, 0) is 41.1 Å². The van der Waals surface area contributed by atoms with E-state index in [1.807, 2.05) is 30.3 Å². The molecule has 0 radical (unpaired) electrons. The first kappa shape index (κ1) is 18.2. The van der Waals surface area contributed by atoms with Crippen LogP contribution in [-0.2, 0) is 6.54 Å². The maximum Gasteiger partial charge on any atom is 0.256 e. The predicted octanol–water partition coefficient (Wildman–Crippen LogP) is 2.15. The van der Waals surface area contributed by atoms with Crippen molar-refractivity contribution in [1.82, 2.24) is 30.0 Å². The van der Waals surface area contributed by atoms with Crippen LogP contribution in [0, 0.1) is 5.82 Å². The van der Waals surface area contributed by atoms with E-state index in [0.717, 1.165) is 24.5 Å². The van der Waals surface area contributed by atoms with Crippen molar-refractivity contribution < 1.29 is 9.18 Å². The topological polar surface area (TPSA) is 67.2 Å². The minimum Gasteiger partial charge on any atom is -0.337 e. The number of tetrazole rings is 1. The lowest BCUT2D eigenvalue weighted by Gasteiger charge is -2.22. The second-order valence-corrected chi connectivity index (χ2v) is 6.74. The Labute approximate surface area is 162 Å². The van der Waals surface area contributed by atoms with Gasteiger partial charge in [-0.15, -0.1) is 5.10 Å². The van der Waals surface area contributed by atoms with Crippen LogP contribution < -0.4 is 0 Å². The molecule has 0 N–H and O–H groups in total. The van der Waals surface area contributed by atoms with E-state index in [1.165, 1.54) is 12.1 Å². The third-order valence-electron chi connectivity index (χ3n) is 4.88. The molecule has 0 atom stereocenters. The molecule has 144 valence electrons. The van der Waals surface area contributed by atoms with Crippen LogP contribution in [-0.4, -0.2) is 62.1 Å². The van der Waals surface area contributed by atoms with Gasteiger partial charge in [-0.25, -0.2) is 4.39 Å². The summed E-state index contributed by atoms with van der Waals surface area (Å²) in [4.78, 5) is 16.6. The lowest BCUT2D eigenvalue weighted by molar-refractivity contribution is 0.0756. The number of hydrogen-bond donors (Lipinski definition) is 0. The zero-order chi connectivity index (χ0) is 19.3. The first-order valence-electron chi connectivity index (χ1n) is 9.31. The molecule has 3 aromatic rings. The molecule has 7 nitrogen and oxygen atoms in total. The van der Waals surface area contributed by atoms with E-state index in [4.69, 9.17) is 0 Å². The highest BCUT2D eigenvalue weighted by Crippen LogP contribution is 2.14. The Morgan fingerprint density at radius 2 is 1.75 bits per heavy atom. The molecule has 0 aliphatic carbocycles. The van der Waals surface area contributed by atoms with E-state index in [0.29, 0.717) is 26.2 Å². The number of carbonyl (C=O) groups excluding carboxylic acids is 1. The zero-order valence-corrected chi connectivity index (χ0v) is 15.4. The Morgan fingerprint density at radius 3 is 2.57 bits per heavy atom. The average Bonchev–Trinajstić information content (AvgIpc) is 3.06. The largest absolute Gasteiger partial charge is 0.337 e. The molecule has 1 fully saturated rings. The molecule has 0 saturated carbocycles. The second kappa shape index (κ2) is 8.26. The van der Waals surface area contributed by atoms with E-state index < -0.39 is 5.82 Å². The number of nitrogens with zero attached hydrogens (tertiary/aromatic N) is 6. The Bertz CT molecular complexity index is 945. The SMILES string of the molecule is O=C(c1ccccc1F)N1CCCN(Cc2nnnn2-c2ccccc2)CC1. The first-order chi connectivity index (χ1) is 13.7. The molecular weight excluding hydrogens is 359 g/mol. The average molecular weight is 380 g/mol. The van der Waals surface area contributed by atoms with Gasteiger partial charge in [0.25, 0.3) is 5.91 Å². The van der Waals surface area contributed by atoms with Gasteiger partial charge in [0.2, 0.25) is 0 Å². The molecule has 1 saturated heterocycles. The van der Waals surface area contributed by atoms with Gasteiger partial charge in [-0.1, -0.05) is 30.3 Å². The van der Waals surface area contributed by atoms with Gasteiger partial charge < -0.3 is 4.90 Å². The molecule has 28 heavy (non-hydrogen) atoms. The molecule has 2 aromatic carbocycles. The lowest BCUT2D eigenvalue weighted by Crippen LogP contribution is -2.35. The number of hydrogen-bond acceptors (Lipinski definition) is 5. The van der Waals surface area contributed by atoms with E-state index >= 15 is 0 Å². The molecule has 8 heteroatoms. The van der Waals surface area contributed by atoms with Crippen LogP contribution in [0.25, 0.3) is 5.69 Å². The van der Waals surface area contributed by atoms with Crippen LogP contribution in [0.15, 0.2) is 54.6 Å². The smallest absolute Gasteiger partial charge is 0.256 e. The van der Waals surface area contributed by atoms with Gasteiger partial charge in [-0.2, -0.15) is 4.68 Å². The second-order valence-electron chi connectivity index (χ2n) is 6.74. The summed E-state index contributed by atoms with van der Waals surface area (Å²) >= 11 is 0. The molecular formula is C20H21FN6O. The fourth-order valence-electron chi connectivity index (χ4n) is 3.41. The Hall–Kier alpha value is -3.13. The van der Waals surface area contributed by atoms with Gasteiger partial charge >= 0.3 is 0 Å². The number of amides is 1. The van der Waals surface area contributed by atoms with E-state index in [9.17, 15) is 9.18 Å². The summed E-state index contributed by atoms with van der Waals surface area (Å²) in [7, 11) is 0. The summed E-state index contributed by atoms with van der Waals surface area (Å²) in [6, 6.07) is 15.9. The van der Waals surface area contributed by atoms with Crippen LogP contribution in [0.2, 0.25) is 0 Å². The van der Waals surface area contributed by atoms with Crippen molar-refractivity contribution in [3.05, 3.63) is 71.8 Å². The Morgan fingerprint density at radius 1 is 0.964 bits per heavy atom. The monoisotopic (exact) mass is 380 g/mol. The molecule has 4 rings (SSSR count). The van der Waals surface area contributed by atoms with Gasteiger partial charge in [-0.3, -0.25) is 9.69 Å². The number of para-hydroxylation sites is 1. The van der Waals surface area contributed by atoms with Gasteiger partial charge in [0.05, 0.1) is 17.8 Å². The van der Waals surface area contributed by atoms with E-state index in [1.54, 1.807) is 21.7 Å². The van der Waals surface area contributed by atoms with Crippen LogP contribution >= 0.6 is 0 Å². The van der Waals surface area contributed by atoms with Gasteiger partial charge in [0, 0.05) is 26.2 Å². The van der Waals surface area contributed by atoms with E-state index in [-0.39, 0.29) is 11.5 Å². The predicted molar refractivity (Wildman–Crippen MR) is 101 cm³/mol. The van der Waals surface area contributed by atoms with Crippen LogP contribution in [0.4, 0.5) is 4.39 Å². The highest BCUT2D eigenvalue weighted by Gasteiger charge is 2.23. The molecule has 2 heterocycles. The van der Waals surface area contributed by atoms with Crippen molar-refractivity contribution in [1.29, 1.82) is 0 Å². The number of rotatable bonds is 4. The third kappa shape index (κ3) is 3.91. The van der Waals surface area contributed by atoms with Crippen molar-refractivity contribution in [3.8, 4) is 5.69 Å². The molecule has 1 amide bonds. The highest BCUT2D eigenvalue weighted by atomic mass is 19.1. The molecule has 1 aliphatic rings. The normalized spacial score (nSPS) is 15.4. The number of carbonyl (C=O) groups is 1. The van der Waals surface area contributed by atoms with E-state index in [2.05, 4.69) is 20.4 Å². The number of aromatic nitrogens is 4. The third-order valence-corrected chi connectivity index (χ3v) is 4.88. The Balaban J connectivity index is 1.42. The summed E-state index contributed by atoms with van der Waals surface area (Å²) < 4.78 is 15.7. The van der Waals surface area contributed by atoms with Crippen molar-refractivity contribution in [2.24, 2.45) is 0 Å². The van der Waals surface area contributed by atoms with Crippen LogP contribution in [0.3, 0.4) is 0 Å². The Kier molecular flexibility index (Phi) is 5.38. The number of halogens is 1. The first-order valence-corrected chi connectivity index (χ1v) is 9.31. The number of benzene rings is 2. The fourth-order valence-corrected chi connectivity index (χ4v) is 3.41. The van der Waals surface area contributed by atoms with Crippen molar-refractivity contribution in [2.45, 2.75) is 13.0 Å². The standard InChI is InChI=1S/C20H21FN6O/c21-18-10-5-4-9-17(18)20(28)26-12-6-11-25(13-14-26)15-19-22-23-24-27(19)16-7-2-1-3-8-16/h1-5,7-10H,6,11-15H2. The quantitative estimate of drug-likeness (QED) is 0.694. The maximum absolute atomic E-state index is 13.9. The molecule has 1 aliphatic heterocycles. The summed E-state index contributed by atoms with van der Waals surface area (Å²) in [5.41, 5.74) is 1.04. The van der Waals surface area contributed by atoms with Crippen LogP contribution in [0.1, 0.15) is 22.6 Å². The van der Waals surface area contributed by atoms with Gasteiger partial charge in [0.15, 0.2) is 5.82 Å². The maximum atomic E-state index is 13.9. The molecule has 0 spiro atoms. The summed E-state index contributed by atoms with van der Waals surface area (Å²) in [6.45, 7) is 3.24. The highest BCUT2D eigenvalue weighted by molar-refractivity contribution is 5.94. The van der Waals surface area contributed by atoms with Crippen molar-refractivity contribution >= 4 is 5.91 Å². The summed E-state index contributed by atoms with van der Waals surface area (Å²) in [5.74, 6) is 0.0183. The zero-order valence-electron chi connectivity index (χ0n) is 15.4. The molecule has 0 bridgehead atoms. The molecule has 1 aromatic heterocycles. The van der Waals surface area contributed by atoms with Crippen LogP contribution in [0.5, 0.6) is 0 Å². The minimum absolute atomic E-state index is 0.129. The minimum atomic E-state index is -0.476. The van der Waals surface area contributed by atoms with Gasteiger partial charge in [0.1, 0.15) is 5.82 Å². The van der Waals surface area contributed by atoms with Crippen molar-refractivity contribution in [2.75, 3.05) is 26.2 Å². The summed E-state index contributed by atoms with van der Waals surface area (Å²) in [6.07, 6.45) is 0.813.